The molecule has 2 fully saturated rings. The minimum atomic E-state index is -4.79. The smallest absolute Gasteiger partial charge is 0.378 e. The number of thiazole rings is 1. The number of hydrogen-bond acceptors (Lipinski definition) is 7. The average molecular weight is 669 g/mol. The van der Waals surface area contributed by atoms with Gasteiger partial charge in [-0.05, 0) is 29.8 Å². The van der Waals surface area contributed by atoms with Crippen molar-refractivity contribution in [2.75, 3.05) is 31.2 Å². The summed E-state index contributed by atoms with van der Waals surface area (Å²) in [6, 6.07) is 11.5. The number of anilines is 1. The number of morpholine rings is 1. The predicted octanol–water partition coefficient (Wildman–Crippen LogP) is 4.35. The largest absolute Gasteiger partial charge is 0.418 e. The number of alkyl halides is 3. The molecule has 3 amide bonds. The first-order valence-corrected chi connectivity index (χ1v) is 15.1. The average Bonchev–Trinajstić information content (AvgIpc) is 3.39. The quantitative estimate of drug-likeness (QED) is 0.385. The molecule has 214 valence electrons. The molecule has 2 unspecified atom stereocenters. The molecule has 2 aromatic carbocycles. The lowest BCUT2D eigenvalue weighted by molar-refractivity contribution is -0.137. The van der Waals surface area contributed by atoms with E-state index in [1.165, 1.54) is 16.7 Å². The van der Waals surface area contributed by atoms with Crippen molar-refractivity contribution in [3.8, 4) is 0 Å². The van der Waals surface area contributed by atoms with Crippen LogP contribution in [0.1, 0.15) is 21.9 Å². The number of ether oxygens (including phenoxy) is 1. The first-order valence-electron chi connectivity index (χ1n) is 12.6. The Bertz CT molecular complexity index is 1620. The molecule has 3 atom stereocenters. The number of halogens is 4. The van der Waals surface area contributed by atoms with Gasteiger partial charge in [0.15, 0.2) is 0 Å². The zero-order chi connectivity index (χ0) is 29.1. The maximum absolute atomic E-state index is 13.9. The standard InChI is InChI=1S/C27H21BrF3N3O5S2/c28-15-5-3-4-14(12-15)19-20-21(24(37)34(23(20)36)17-7-2-1-6-16(17)27(29,30)31)40-25-22(19)41-26(38)33(25)13-18(35)32-8-10-39-11-9-32/h1-7,12,19-21H,8-11,13H2/t19-,20?,21?/m1/s1. The van der Waals surface area contributed by atoms with Gasteiger partial charge in [-0.25, -0.2) is 4.90 Å². The summed E-state index contributed by atoms with van der Waals surface area (Å²) in [7, 11) is 0. The van der Waals surface area contributed by atoms with Crippen LogP contribution in [0.15, 0.2) is 62.8 Å². The summed E-state index contributed by atoms with van der Waals surface area (Å²) in [5.41, 5.74) is -0.996. The second-order valence-electron chi connectivity index (χ2n) is 9.74. The monoisotopic (exact) mass is 667 g/mol. The van der Waals surface area contributed by atoms with Crippen molar-refractivity contribution in [3.05, 3.63) is 78.7 Å². The van der Waals surface area contributed by atoms with E-state index < -0.39 is 51.2 Å². The van der Waals surface area contributed by atoms with Crippen molar-refractivity contribution >= 4 is 62.4 Å². The number of hydrogen-bond donors (Lipinski definition) is 0. The molecule has 1 aromatic heterocycles. The van der Waals surface area contributed by atoms with Crippen LogP contribution >= 0.6 is 39.0 Å². The van der Waals surface area contributed by atoms with Crippen LogP contribution in [-0.4, -0.2) is 58.7 Å². The van der Waals surface area contributed by atoms with Gasteiger partial charge in [0, 0.05) is 28.4 Å². The molecule has 2 saturated heterocycles. The predicted molar refractivity (Wildman–Crippen MR) is 149 cm³/mol. The van der Waals surface area contributed by atoms with Crippen LogP contribution in [0.25, 0.3) is 0 Å². The van der Waals surface area contributed by atoms with Crippen LogP contribution in [-0.2, 0) is 31.8 Å². The Morgan fingerprint density at radius 3 is 2.46 bits per heavy atom. The number of carbonyl (C=O) groups excluding carboxylic acids is 3. The van der Waals surface area contributed by atoms with Crippen LogP contribution in [0.5, 0.6) is 0 Å². The molecule has 0 saturated carbocycles. The first-order chi connectivity index (χ1) is 19.6. The molecule has 3 aromatic rings. The van der Waals surface area contributed by atoms with E-state index in [0.717, 1.165) is 35.2 Å². The molecule has 3 aliphatic heterocycles. The Labute approximate surface area is 248 Å². The maximum Gasteiger partial charge on any atom is 0.418 e. The van der Waals surface area contributed by atoms with E-state index in [9.17, 15) is 32.3 Å². The summed E-state index contributed by atoms with van der Waals surface area (Å²) < 4.78 is 49.0. The van der Waals surface area contributed by atoms with Crippen LogP contribution in [0.2, 0.25) is 0 Å². The molecular formula is C27H21BrF3N3O5S2. The number of aromatic nitrogens is 1. The number of thioether (sulfide) groups is 1. The second-order valence-corrected chi connectivity index (χ2v) is 12.8. The SMILES string of the molecule is O=C(Cn1c2c(sc1=O)[C@H](c1cccc(Br)c1)C1C(=O)N(c3ccccc3C(F)(F)F)C(=O)C1S2)N1CCOCC1. The summed E-state index contributed by atoms with van der Waals surface area (Å²) in [6.07, 6.45) is -4.79. The van der Waals surface area contributed by atoms with Crippen LogP contribution in [0.3, 0.4) is 0 Å². The van der Waals surface area contributed by atoms with Crippen LogP contribution in [0.4, 0.5) is 18.9 Å². The highest BCUT2D eigenvalue weighted by Gasteiger charge is 2.57. The number of benzene rings is 2. The second kappa shape index (κ2) is 10.7. The first kappa shape index (κ1) is 28.2. The normalized spacial score (nSPS) is 22.6. The fraction of sp³-hybridized carbons (Fsp3) is 0.333. The molecule has 4 heterocycles. The number of amides is 3. The van der Waals surface area contributed by atoms with Gasteiger partial charge in [0.1, 0.15) is 11.8 Å². The van der Waals surface area contributed by atoms with Gasteiger partial charge in [0.2, 0.25) is 17.7 Å². The minimum absolute atomic E-state index is 0.261. The summed E-state index contributed by atoms with van der Waals surface area (Å²) in [4.78, 5) is 56.4. The lowest BCUT2D eigenvalue weighted by atomic mass is 9.83. The molecule has 14 heteroatoms. The highest BCUT2D eigenvalue weighted by molar-refractivity contribution is 9.10. The number of carbonyl (C=O) groups is 3. The lowest BCUT2D eigenvalue weighted by Gasteiger charge is -2.31. The number of rotatable bonds is 4. The molecule has 0 aliphatic carbocycles. The topological polar surface area (TPSA) is 88.9 Å². The Morgan fingerprint density at radius 1 is 1.02 bits per heavy atom. The minimum Gasteiger partial charge on any atom is -0.378 e. The van der Waals surface area contributed by atoms with Crippen molar-refractivity contribution in [2.45, 2.75) is 28.9 Å². The molecule has 0 radical (unpaired) electrons. The Hall–Kier alpha value is -2.94. The highest BCUT2D eigenvalue weighted by atomic mass is 79.9. The van der Waals surface area contributed by atoms with Gasteiger partial charge in [-0.2, -0.15) is 13.2 Å². The van der Waals surface area contributed by atoms with E-state index in [-0.39, 0.29) is 12.5 Å². The summed E-state index contributed by atoms with van der Waals surface area (Å²) in [5.74, 6) is -3.69. The summed E-state index contributed by atoms with van der Waals surface area (Å²) >= 11 is 5.28. The van der Waals surface area contributed by atoms with Gasteiger partial charge in [0.25, 0.3) is 0 Å². The summed E-state index contributed by atoms with van der Waals surface area (Å²) in [6.45, 7) is 1.29. The third kappa shape index (κ3) is 4.94. The zero-order valence-corrected chi connectivity index (χ0v) is 24.3. The molecule has 0 spiro atoms. The summed E-state index contributed by atoms with van der Waals surface area (Å²) in [5, 5.41) is -0.723. The lowest BCUT2D eigenvalue weighted by Crippen LogP contribution is -2.43. The number of imide groups is 1. The van der Waals surface area contributed by atoms with E-state index in [4.69, 9.17) is 4.74 Å². The number of fused-ring (bicyclic) bond motifs is 2. The van der Waals surface area contributed by atoms with E-state index in [2.05, 4.69) is 15.9 Å². The van der Waals surface area contributed by atoms with E-state index in [1.54, 1.807) is 29.2 Å². The van der Waals surface area contributed by atoms with Crippen LogP contribution in [0, 0.1) is 5.92 Å². The van der Waals surface area contributed by atoms with Gasteiger partial charge in [-0.3, -0.25) is 23.7 Å². The third-order valence-corrected chi connectivity index (χ3v) is 10.5. The Balaban J connectivity index is 1.46. The van der Waals surface area contributed by atoms with E-state index >= 15 is 0 Å². The van der Waals surface area contributed by atoms with Crippen molar-refractivity contribution in [1.82, 2.24) is 9.47 Å². The molecule has 6 rings (SSSR count). The van der Waals surface area contributed by atoms with Gasteiger partial charge in [-0.1, -0.05) is 63.3 Å². The van der Waals surface area contributed by atoms with Gasteiger partial charge in [-0.15, -0.1) is 0 Å². The molecular weight excluding hydrogens is 647 g/mol. The van der Waals surface area contributed by atoms with Crippen molar-refractivity contribution < 1.29 is 32.3 Å². The van der Waals surface area contributed by atoms with Gasteiger partial charge >= 0.3 is 11.0 Å². The fourth-order valence-electron chi connectivity index (χ4n) is 5.51. The van der Waals surface area contributed by atoms with Crippen LogP contribution < -0.4 is 9.77 Å². The van der Waals surface area contributed by atoms with Crippen molar-refractivity contribution in [1.29, 1.82) is 0 Å². The van der Waals surface area contributed by atoms with Crippen molar-refractivity contribution in [2.24, 2.45) is 5.92 Å². The molecule has 0 N–H and O–H groups in total. The molecule has 3 aliphatic rings. The number of nitrogens with zero attached hydrogens (tertiary/aromatic N) is 3. The Morgan fingerprint density at radius 2 is 1.76 bits per heavy atom. The Kier molecular flexibility index (Phi) is 7.37. The van der Waals surface area contributed by atoms with Gasteiger partial charge < -0.3 is 9.64 Å². The highest BCUT2D eigenvalue weighted by Crippen LogP contribution is 2.54. The molecule has 0 bridgehead atoms. The van der Waals surface area contributed by atoms with Gasteiger partial charge in [0.05, 0.1) is 35.4 Å². The maximum atomic E-state index is 13.9. The number of para-hydroxylation sites is 1. The van der Waals surface area contributed by atoms with E-state index in [1.807, 2.05) is 0 Å². The molecule has 8 nitrogen and oxygen atoms in total. The molecule has 41 heavy (non-hydrogen) atoms. The zero-order valence-electron chi connectivity index (χ0n) is 21.1. The van der Waals surface area contributed by atoms with E-state index in [0.29, 0.717) is 51.1 Å². The third-order valence-electron chi connectivity index (χ3n) is 7.36. The fourth-order valence-corrected chi connectivity index (χ4v) is 8.70. The van der Waals surface area contributed by atoms with Crippen molar-refractivity contribution in [3.63, 3.8) is 0 Å².